The van der Waals surface area contributed by atoms with Crippen molar-refractivity contribution < 1.29 is 24.2 Å². The van der Waals surface area contributed by atoms with Gasteiger partial charge in [-0.2, -0.15) is 0 Å². The zero-order chi connectivity index (χ0) is 14.3. The fourth-order valence-electron chi connectivity index (χ4n) is 1.28. The molecule has 0 atom stereocenters. The van der Waals surface area contributed by atoms with Crippen molar-refractivity contribution in [3.63, 3.8) is 0 Å². The van der Waals surface area contributed by atoms with Crippen LogP contribution in [-0.4, -0.2) is 30.3 Å². The summed E-state index contributed by atoms with van der Waals surface area (Å²) in [6.45, 7) is 1.72. The number of ether oxygens (including phenoxy) is 2. The van der Waals surface area contributed by atoms with Crippen LogP contribution < -0.4 is 4.74 Å². The summed E-state index contributed by atoms with van der Waals surface area (Å²) < 4.78 is 9.98. The maximum absolute atomic E-state index is 11.2. The van der Waals surface area contributed by atoms with Gasteiger partial charge in [-0.25, -0.2) is 9.59 Å². The smallest absolute Gasteiger partial charge is 0.344 e. The monoisotopic (exact) mass is 284 g/mol. The Hall–Kier alpha value is -2.01. The standard InChI is InChI=1S/C13H13ClO5/c1-2-18-13(17)8-19-11-5-4-10(14)7-9(11)3-6-12(15)16/h3-7H,2,8H2,1H3,(H,15,16)/b6-3+. The molecule has 0 saturated heterocycles. The summed E-state index contributed by atoms with van der Waals surface area (Å²) in [6, 6.07) is 4.69. The summed E-state index contributed by atoms with van der Waals surface area (Å²) in [5, 5.41) is 9.03. The van der Waals surface area contributed by atoms with Gasteiger partial charge in [0.25, 0.3) is 0 Å². The number of aliphatic carboxylic acids is 1. The molecule has 0 bridgehead atoms. The summed E-state index contributed by atoms with van der Waals surface area (Å²) in [5.41, 5.74) is 0.471. The first-order valence-corrected chi connectivity index (χ1v) is 5.89. The highest BCUT2D eigenvalue weighted by Crippen LogP contribution is 2.24. The first kappa shape index (κ1) is 15.0. The Kier molecular flexibility index (Phi) is 5.89. The number of rotatable bonds is 6. The maximum Gasteiger partial charge on any atom is 0.344 e. The van der Waals surface area contributed by atoms with Gasteiger partial charge in [0.05, 0.1) is 6.61 Å². The van der Waals surface area contributed by atoms with E-state index in [0.29, 0.717) is 16.3 Å². The lowest BCUT2D eigenvalue weighted by Gasteiger charge is -2.09. The van der Waals surface area contributed by atoms with Crippen molar-refractivity contribution in [3.8, 4) is 5.75 Å². The molecule has 1 N–H and O–H groups in total. The summed E-state index contributed by atoms with van der Waals surface area (Å²) in [4.78, 5) is 21.7. The van der Waals surface area contributed by atoms with Crippen LogP contribution in [0.2, 0.25) is 5.02 Å². The van der Waals surface area contributed by atoms with Crippen LogP contribution in [-0.2, 0) is 14.3 Å². The number of hydrogen-bond acceptors (Lipinski definition) is 4. The van der Waals surface area contributed by atoms with Crippen molar-refractivity contribution in [1.29, 1.82) is 0 Å². The van der Waals surface area contributed by atoms with E-state index in [1.807, 2.05) is 0 Å². The minimum absolute atomic E-state index is 0.247. The molecule has 0 saturated carbocycles. The normalized spacial score (nSPS) is 10.4. The highest BCUT2D eigenvalue weighted by atomic mass is 35.5. The Balaban J connectivity index is 2.81. The number of carbonyl (C=O) groups is 2. The van der Waals surface area contributed by atoms with Crippen molar-refractivity contribution in [3.05, 3.63) is 34.9 Å². The number of carbonyl (C=O) groups excluding carboxylic acids is 1. The molecule has 0 aliphatic rings. The van der Waals surface area contributed by atoms with E-state index in [9.17, 15) is 9.59 Å². The van der Waals surface area contributed by atoms with Crippen LogP contribution in [0, 0.1) is 0 Å². The van der Waals surface area contributed by atoms with E-state index in [1.165, 1.54) is 6.08 Å². The second kappa shape index (κ2) is 7.43. The molecule has 19 heavy (non-hydrogen) atoms. The zero-order valence-corrected chi connectivity index (χ0v) is 11.0. The van der Waals surface area contributed by atoms with E-state index in [4.69, 9.17) is 26.2 Å². The predicted molar refractivity (Wildman–Crippen MR) is 70.2 cm³/mol. The molecule has 0 unspecified atom stereocenters. The molecular formula is C13H13ClO5. The van der Waals surface area contributed by atoms with Gasteiger partial charge in [0, 0.05) is 16.7 Å². The molecule has 6 heteroatoms. The first-order chi connectivity index (χ1) is 9.02. The van der Waals surface area contributed by atoms with Crippen molar-refractivity contribution >= 4 is 29.6 Å². The number of esters is 1. The summed E-state index contributed by atoms with van der Waals surface area (Å²) >= 11 is 5.82. The third-order valence-electron chi connectivity index (χ3n) is 2.03. The summed E-state index contributed by atoms with van der Waals surface area (Å²) in [7, 11) is 0. The van der Waals surface area contributed by atoms with E-state index in [1.54, 1.807) is 25.1 Å². The van der Waals surface area contributed by atoms with Gasteiger partial charge in [0.1, 0.15) is 5.75 Å². The van der Waals surface area contributed by atoms with E-state index >= 15 is 0 Å². The number of carboxylic acid groups (broad SMARTS) is 1. The molecule has 1 rings (SSSR count). The van der Waals surface area contributed by atoms with Crippen LogP contribution in [0.3, 0.4) is 0 Å². The Labute approximate surface area is 115 Å². The number of carboxylic acids is 1. The lowest BCUT2D eigenvalue weighted by Crippen LogP contribution is -2.14. The topological polar surface area (TPSA) is 72.8 Å². The van der Waals surface area contributed by atoms with E-state index in [-0.39, 0.29) is 13.2 Å². The molecule has 0 amide bonds. The summed E-state index contributed by atoms with van der Waals surface area (Å²) in [6.07, 6.45) is 2.30. The van der Waals surface area contributed by atoms with Crippen LogP contribution in [0.1, 0.15) is 12.5 Å². The molecule has 0 fully saturated rings. The molecule has 0 aromatic heterocycles. The lowest BCUT2D eigenvalue weighted by molar-refractivity contribution is -0.145. The SMILES string of the molecule is CCOC(=O)COc1ccc(Cl)cc1/C=C/C(=O)O. The Morgan fingerprint density at radius 1 is 1.42 bits per heavy atom. The van der Waals surface area contributed by atoms with Gasteiger partial charge in [-0.05, 0) is 31.2 Å². The van der Waals surface area contributed by atoms with Crippen molar-refractivity contribution in [2.45, 2.75) is 6.92 Å². The van der Waals surface area contributed by atoms with Gasteiger partial charge in [-0.3, -0.25) is 0 Å². The van der Waals surface area contributed by atoms with Gasteiger partial charge in [-0.1, -0.05) is 11.6 Å². The molecule has 0 spiro atoms. The van der Waals surface area contributed by atoms with Gasteiger partial charge < -0.3 is 14.6 Å². The molecule has 0 radical (unpaired) electrons. The van der Waals surface area contributed by atoms with E-state index in [2.05, 4.69) is 0 Å². The van der Waals surface area contributed by atoms with Crippen LogP contribution in [0.5, 0.6) is 5.75 Å². The molecule has 1 aromatic rings. The fourth-order valence-corrected chi connectivity index (χ4v) is 1.46. The van der Waals surface area contributed by atoms with E-state index < -0.39 is 11.9 Å². The van der Waals surface area contributed by atoms with Crippen LogP contribution in [0.15, 0.2) is 24.3 Å². The lowest BCUT2D eigenvalue weighted by atomic mass is 10.2. The van der Waals surface area contributed by atoms with Crippen LogP contribution >= 0.6 is 11.6 Å². The maximum atomic E-state index is 11.2. The Morgan fingerprint density at radius 2 is 2.16 bits per heavy atom. The number of benzene rings is 1. The third-order valence-corrected chi connectivity index (χ3v) is 2.26. The summed E-state index contributed by atoms with van der Waals surface area (Å²) in [5.74, 6) is -1.23. The molecule has 102 valence electrons. The Bertz CT molecular complexity index is 496. The van der Waals surface area contributed by atoms with Crippen molar-refractivity contribution in [2.24, 2.45) is 0 Å². The molecular weight excluding hydrogens is 272 g/mol. The minimum atomic E-state index is -1.09. The molecule has 0 heterocycles. The number of hydrogen-bond donors (Lipinski definition) is 1. The predicted octanol–water partition coefficient (Wildman–Crippen LogP) is 2.38. The average molecular weight is 285 g/mol. The molecule has 0 aliphatic carbocycles. The first-order valence-electron chi connectivity index (χ1n) is 5.52. The molecule has 0 aliphatic heterocycles. The quantitative estimate of drug-likeness (QED) is 0.641. The Morgan fingerprint density at radius 3 is 2.79 bits per heavy atom. The third kappa shape index (κ3) is 5.44. The van der Waals surface area contributed by atoms with Gasteiger partial charge in [0.2, 0.25) is 0 Å². The highest BCUT2D eigenvalue weighted by Gasteiger charge is 2.07. The van der Waals surface area contributed by atoms with Crippen molar-refractivity contribution in [1.82, 2.24) is 0 Å². The molecule has 1 aromatic carbocycles. The largest absolute Gasteiger partial charge is 0.481 e. The number of halogens is 1. The van der Waals surface area contributed by atoms with Gasteiger partial charge in [0.15, 0.2) is 6.61 Å². The second-order valence-electron chi connectivity index (χ2n) is 3.45. The van der Waals surface area contributed by atoms with Crippen LogP contribution in [0.25, 0.3) is 6.08 Å². The average Bonchev–Trinajstić information content (AvgIpc) is 2.35. The van der Waals surface area contributed by atoms with Gasteiger partial charge in [-0.15, -0.1) is 0 Å². The second-order valence-corrected chi connectivity index (χ2v) is 3.88. The highest BCUT2D eigenvalue weighted by molar-refractivity contribution is 6.30. The molecule has 5 nitrogen and oxygen atoms in total. The van der Waals surface area contributed by atoms with Gasteiger partial charge >= 0.3 is 11.9 Å². The fraction of sp³-hybridized carbons (Fsp3) is 0.231. The minimum Gasteiger partial charge on any atom is -0.481 e. The van der Waals surface area contributed by atoms with E-state index in [0.717, 1.165) is 6.08 Å². The van der Waals surface area contributed by atoms with Crippen molar-refractivity contribution in [2.75, 3.05) is 13.2 Å². The zero-order valence-electron chi connectivity index (χ0n) is 10.3. The van der Waals surface area contributed by atoms with Crippen LogP contribution in [0.4, 0.5) is 0 Å².